The lowest BCUT2D eigenvalue weighted by molar-refractivity contribution is 0.0715. The number of thioether (sulfide) groups is 1. The summed E-state index contributed by atoms with van der Waals surface area (Å²) in [6.45, 7) is 0. The van der Waals surface area contributed by atoms with Crippen LogP contribution in [0.1, 0.15) is 36.0 Å². The number of halogens is 2. The lowest BCUT2D eigenvalue weighted by Gasteiger charge is -2.28. The molecule has 1 aromatic carbocycles. The molecule has 2 rings (SSSR count). The molecule has 0 radical (unpaired) electrons. The molecule has 0 saturated heterocycles. The fourth-order valence-electron chi connectivity index (χ4n) is 2.38. The number of carbonyl (C=O) groups is 1. The molecule has 0 heterocycles. The van der Waals surface area contributed by atoms with E-state index in [0.717, 1.165) is 19.3 Å². The molecule has 3 nitrogen and oxygen atoms in total. The number of nitrogens with one attached hydrogen (secondary N) is 1. The number of benzene rings is 1. The summed E-state index contributed by atoms with van der Waals surface area (Å²) in [5, 5.41) is 12.6. The highest BCUT2D eigenvalue weighted by molar-refractivity contribution is 7.99. The van der Waals surface area contributed by atoms with Gasteiger partial charge in [0.25, 0.3) is 11.7 Å². The predicted octanol–water partition coefficient (Wildman–Crippen LogP) is 3.03. The van der Waals surface area contributed by atoms with Crippen molar-refractivity contribution >= 4 is 17.7 Å². The molecule has 1 saturated carbocycles. The summed E-state index contributed by atoms with van der Waals surface area (Å²) in [6.07, 6.45) is 2.73. The zero-order valence-corrected chi connectivity index (χ0v) is 11.7. The Kier molecular flexibility index (Phi) is 5.37. The Morgan fingerprint density at radius 2 is 2.00 bits per heavy atom. The second kappa shape index (κ2) is 7.04. The minimum absolute atomic E-state index is 0.232. The smallest absolute Gasteiger partial charge is 0.288 e. The highest BCUT2D eigenvalue weighted by Gasteiger charge is 2.25. The first-order valence-electron chi connectivity index (χ1n) is 6.60. The molecule has 1 fully saturated rings. The van der Waals surface area contributed by atoms with Crippen molar-refractivity contribution in [2.75, 3.05) is 0 Å². The van der Waals surface area contributed by atoms with Crippen LogP contribution in [0.2, 0.25) is 0 Å². The third-order valence-electron chi connectivity index (χ3n) is 3.39. The van der Waals surface area contributed by atoms with Gasteiger partial charge in [0.05, 0.1) is 17.7 Å². The van der Waals surface area contributed by atoms with Gasteiger partial charge in [0.2, 0.25) is 0 Å². The molecule has 0 aromatic heterocycles. The Morgan fingerprint density at radius 1 is 1.30 bits per heavy atom. The number of hydrogen-bond acceptors (Lipinski definition) is 3. The van der Waals surface area contributed by atoms with Gasteiger partial charge < -0.3 is 10.4 Å². The normalized spacial score (nSPS) is 22.8. The highest BCUT2D eigenvalue weighted by atomic mass is 32.2. The predicted molar refractivity (Wildman–Crippen MR) is 74.0 cm³/mol. The summed E-state index contributed by atoms with van der Waals surface area (Å²) in [6, 6.07) is 6.00. The molecule has 110 valence electrons. The van der Waals surface area contributed by atoms with Gasteiger partial charge in [0.1, 0.15) is 0 Å². The maximum atomic E-state index is 12.5. The highest BCUT2D eigenvalue weighted by Crippen LogP contribution is 2.28. The van der Waals surface area contributed by atoms with E-state index in [9.17, 15) is 18.7 Å². The van der Waals surface area contributed by atoms with E-state index in [4.69, 9.17) is 0 Å². The van der Waals surface area contributed by atoms with Crippen LogP contribution in [0.4, 0.5) is 8.78 Å². The number of rotatable bonds is 4. The van der Waals surface area contributed by atoms with Gasteiger partial charge >= 0.3 is 0 Å². The molecule has 6 heteroatoms. The third kappa shape index (κ3) is 3.93. The summed E-state index contributed by atoms with van der Waals surface area (Å²) in [5.74, 6) is -2.97. The van der Waals surface area contributed by atoms with Crippen LogP contribution < -0.4 is 5.32 Å². The molecule has 1 aliphatic rings. The minimum atomic E-state index is -2.57. The van der Waals surface area contributed by atoms with Gasteiger partial charge in [-0.1, -0.05) is 36.7 Å². The Bertz CT molecular complexity index is 470. The van der Waals surface area contributed by atoms with E-state index in [-0.39, 0.29) is 16.5 Å². The van der Waals surface area contributed by atoms with Gasteiger partial charge in [0.15, 0.2) is 0 Å². The van der Waals surface area contributed by atoms with Crippen molar-refractivity contribution in [3.63, 3.8) is 0 Å². The first-order chi connectivity index (χ1) is 9.58. The molecular weight excluding hydrogens is 284 g/mol. The molecule has 2 atom stereocenters. The van der Waals surface area contributed by atoms with Crippen molar-refractivity contribution in [3.8, 4) is 0 Å². The van der Waals surface area contributed by atoms with Crippen molar-refractivity contribution in [2.45, 2.75) is 48.5 Å². The topological polar surface area (TPSA) is 49.3 Å². The van der Waals surface area contributed by atoms with Crippen molar-refractivity contribution in [2.24, 2.45) is 0 Å². The Labute approximate surface area is 120 Å². The van der Waals surface area contributed by atoms with Crippen LogP contribution >= 0.6 is 11.8 Å². The molecule has 0 bridgehead atoms. The monoisotopic (exact) mass is 301 g/mol. The van der Waals surface area contributed by atoms with Gasteiger partial charge in [-0.05, 0) is 25.0 Å². The molecule has 2 N–H and O–H groups in total. The van der Waals surface area contributed by atoms with Crippen LogP contribution in [0.25, 0.3) is 0 Å². The summed E-state index contributed by atoms with van der Waals surface area (Å²) in [7, 11) is 0. The molecule has 0 unspecified atom stereocenters. The van der Waals surface area contributed by atoms with Crippen molar-refractivity contribution in [3.05, 3.63) is 29.8 Å². The lowest BCUT2D eigenvalue weighted by atomic mass is 9.92. The number of aliphatic hydroxyl groups is 1. The maximum absolute atomic E-state index is 12.5. The van der Waals surface area contributed by atoms with Crippen LogP contribution in [0.3, 0.4) is 0 Å². The summed E-state index contributed by atoms with van der Waals surface area (Å²) >= 11 is 0.360. The SMILES string of the molecule is O=C(N[C@H]1CCCC[C@@H]1O)c1ccccc1SC(F)F. The van der Waals surface area contributed by atoms with Gasteiger partial charge in [-0.25, -0.2) is 0 Å². The second-order valence-electron chi connectivity index (χ2n) is 4.81. The van der Waals surface area contributed by atoms with E-state index >= 15 is 0 Å². The van der Waals surface area contributed by atoms with Crippen LogP contribution in [-0.4, -0.2) is 28.9 Å². The summed E-state index contributed by atoms with van der Waals surface area (Å²) in [4.78, 5) is 12.4. The van der Waals surface area contributed by atoms with E-state index in [1.54, 1.807) is 12.1 Å². The van der Waals surface area contributed by atoms with Gasteiger partial charge in [-0.15, -0.1) is 0 Å². The van der Waals surface area contributed by atoms with E-state index < -0.39 is 17.8 Å². The Morgan fingerprint density at radius 3 is 2.70 bits per heavy atom. The number of hydrogen-bond donors (Lipinski definition) is 2. The third-order valence-corrected chi connectivity index (χ3v) is 4.18. The standard InChI is InChI=1S/C14H17F2NO2S/c15-14(16)20-12-8-4-1-5-9(12)13(19)17-10-6-2-3-7-11(10)18/h1,4-5,8,10-11,14,18H,2-3,6-7H2,(H,17,19)/t10-,11-/m0/s1. The molecule has 1 aliphatic carbocycles. The van der Waals surface area contributed by atoms with Crippen LogP contribution in [0, 0.1) is 0 Å². The van der Waals surface area contributed by atoms with E-state index in [1.165, 1.54) is 12.1 Å². The number of carbonyl (C=O) groups excluding carboxylic acids is 1. The van der Waals surface area contributed by atoms with Crippen LogP contribution in [-0.2, 0) is 0 Å². The Balaban J connectivity index is 2.08. The van der Waals surface area contributed by atoms with E-state index in [0.29, 0.717) is 18.2 Å². The summed E-state index contributed by atoms with van der Waals surface area (Å²) < 4.78 is 25.0. The molecule has 0 spiro atoms. The van der Waals surface area contributed by atoms with Gasteiger partial charge in [0, 0.05) is 4.90 Å². The van der Waals surface area contributed by atoms with Crippen molar-refractivity contribution in [1.82, 2.24) is 5.32 Å². The van der Waals surface area contributed by atoms with Gasteiger partial charge in [-0.2, -0.15) is 8.78 Å². The zero-order chi connectivity index (χ0) is 14.5. The number of alkyl halides is 2. The lowest BCUT2D eigenvalue weighted by Crippen LogP contribution is -2.45. The molecular formula is C14H17F2NO2S. The maximum Gasteiger partial charge on any atom is 0.288 e. The average Bonchev–Trinajstić information content (AvgIpc) is 2.41. The fourth-order valence-corrected chi connectivity index (χ4v) is 3.02. The van der Waals surface area contributed by atoms with E-state index in [1.807, 2.05) is 0 Å². The number of aliphatic hydroxyl groups excluding tert-OH is 1. The van der Waals surface area contributed by atoms with Crippen molar-refractivity contribution in [1.29, 1.82) is 0 Å². The first kappa shape index (κ1) is 15.3. The molecule has 0 aliphatic heterocycles. The second-order valence-corrected chi connectivity index (χ2v) is 5.84. The minimum Gasteiger partial charge on any atom is -0.391 e. The largest absolute Gasteiger partial charge is 0.391 e. The van der Waals surface area contributed by atoms with Gasteiger partial charge in [-0.3, -0.25) is 4.79 Å². The fraction of sp³-hybridized carbons (Fsp3) is 0.500. The zero-order valence-electron chi connectivity index (χ0n) is 10.9. The Hall–Kier alpha value is -1.14. The summed E-state index contributed by atoms with van der Waals surface area (Å²) in [5.41, 5.74) is 0.232. The van der Waals surface area contributed by atoms with Crippen LogP contribution in [0.5, 0.6) is 0 Å². The van der Waals surface area contributed by atoms with Crippen LogP contribution in [0.15, 0.2) is 29.2 Å². The number of amides is 1. The average molecular weight is 301 g/mol. The quantitative estimate of drug-likeness (QED) is 0.840. The van der Waals surface area contributed by atoms with E-state index in [2.05, 4.69) is 5.32 Å². The van der Waals surface area contributed by atoms with Crippen molar-refractivity contribution < 1.29 is 18.7 Å². The molecule has 1 aromatic rings. The first-order valence-corrected chi connectivity index (χ1v) is 7.48. The molecule has 20 heavy (non-hydrogen) atoms. The molecule has 1 amide bonds.